The van der Waals surface area contributed by atoms with Gasteiger partial charge in [-0.15, -0.1) is 5.10 Å². The lowest BCUT2D eigenvalue weighted by Crippen LogP contribution is -2.29. The van der Waals surface area contributed by atoms with Gasteiger partial charge in [0.25, 0.3) is 0 Å². The van der Waals surface area contributed by atoms with E-state index in [0.717, 1.165) is 13.0 Å². The van der Waals surface area contributed by atoms with Crippen LogP contribution in [0.3, 0.4) is 0 Å². The molecule has 0 saturated heterocycles. The van der Waals surface area contributed by atoms with Gasteiger partial charge in [0.15, 0.2) is 0 Å². The quantitative estimate of drug-likeness (QED) is 0.742. The Labute approximate surface area is 92.1 Å². The van der Waals surface area contributed by atoms with Gasteiger partial charge in [0.2, 0.25) is 0 Å². The third kappa shape index (κ3) is 4.00. The van der Waals surface area contributed by atoms with Crippen molar-refractivity contribution in [2.45, 2.75) is 45.6 Å². The molecule has 15 heavy (non-hydrogen) atoms. The Morgan fingerprint density at radius 2 is 2.20 bits per heavy atom. The second kappa shape index (κ2) is 6.56. The molecule has 86 valence electrons. The lowest BCUT2D eigenvalue weighted by Gasteiger charge is -2.16. The van der Waals surface area contributed by atoms with E-state index in [1.165, 1.54) is 25.0 Å². The Morgan fingerprint density at radius 1 is 1.40 bits per heavy atom. The summed E-state index contributed by atoms with van der Waals surface area (Å²) in [6.45, 7) is 5.44. The summed E-state index contributed by atoms with van der Waals surface area (Å²) in [6.07, 6.45) is 6.57. The molecule has 0 aliphatic rings. The van der Waals surface area contributed by atoms with Gasteiger partial charge in [-0.05, 0) is 25.8 Å². The van der Waals surface area contributed by atoms with E-state index < -0.39 is 0 Å². The lowest BCUT2D eigenvalue weighted by atomic mass is 10.1. The Bertz CT molecular complexity index is 263. The highest BCUT2D eigenvalue weighted by molar-refractivity contribution is 4.94. The zero-order valence-electron chi connectivity index (χ0n) is 10.0. The zero-order valence-corrected chi connectivity index (χ0v) is 10.0. The summed E-state index contributed by atoms with van der Waals surface area (Å²) in [5, 5.41) is 11.3. The van der Waals surface area contributed by atoms with Crippen molar-refractivity contribution in [3.05, 3.63) is 11.9 Å². The number of hydrogen-bond acceptors (Lipinski definition) is 3. The van der Waals surface area contributed by atoms with Gasteiger partial charge >= 0.3 is 0 Å². The van der Waals surface area contributed by atoms with Gasteiger partial charge in [0, 0.05) is 13.1 Å². The van der Waals surface area contributed by atoms with Crippen molar-refractivity contribution >= 4 is 0 Å². The number of aryl methyl sites for hydroxylation is 2. The summed E-state index contributed by atoms with van der Waals surface area (Å²) >= 11 is 0. The number of hydrogen-bond donors (Lipinski definition) is 1. The van der Waals surface area contributed by atoms with Crippen molar-refractivity contribution in [3.63, 3.8) is 0 Å². The minimum Gasteiger partial charge on any atom is -0.314 e. The molecule has 0 bridgehead atoms. The number of rotatable bonds is 7. The van der Waals surface area contributed by atoms with Crippen LogP contribution in [0.4, 0.5) is 0 Å². The fourth-order valence-corrected chi connectivity index (χ4v) is 1.84. The normalized spacial score (nSPS) is 13.0. The lowest BCUT2D eigenvalue weighted by molar-refractivity contribution is 0.454. The molecule has 0 aliphatic heterocycles. The maximum absolute atomic E-state index is 3.93. The van der Waals surface area contributed by atoms with Crippen molar-refractivity contribution in [2.24, 2.45) is 7.05 Å². The zero-order chi connectivity index (χ0) is 11.1. The van der Waals surface area contributed by atoms with E-state index in [9.17, 15) is 0 Å². The SMILES string of the molecule is CCCC(CCc1cnnn1C)NCC. The van der Waals surface area contributed by atoms with Gasteiger partial charge in [-0.3, -0.25) is 4.68 Å². The first-order valence-corrected chi connectivity index (χ1v) is 5.84. The number of nitrogens with zero attached hydrogens (tertiary/aromatic N) is 3. The van der Waals surface area contributed by atoms with Crippen LogP contribution in [0.2, 0.25) is 0 Å². The molecule has 0 fully saturated rings. The first-order chi connectivity index (χ1) is 7.27. The molecule has 4 nitrogen and oxygen atoms in total. The highest BCUT2D eigenvalue weighted by atomic mass is 15.4. The van der Waals surface area contributed by atoms with Gasteiger partial charge < -0.3 is 5.32 Å². The van der Waals surface area contributed by atoms with Crippen LogP contribution in [0.5, 0.6) is 0 Å². The van der Waals surface area contributed by atoms with Crippen molar-refractivity contribution < 1.29 is 0 Å². The van der Waals surface area contributed by atoms with E-state index >= 15 is 0 Å². The molecule has 0 aromatic carbocycles. The van der Waals surface area contributed by atoms with Crippen molar-refractivity contribution in [1.82, 2.24) is 20.3 Å². The molecule has 0 spiro atoms. The summed E-state index contributed by atoms with van der Waals surface area (Å²) in [5.74, 6) is 0. The number of nitrogens with one attached hydrogen (secondary N) is 1. The summed E-state index contributed by atoms with van der Waals surface area (Å²) in [4.78, 5) is 0. The van der Waals surface area contributed by atoms with Gasteiger partial charge in [-0.1, -0.05) is 25.5 Å². The predicted molar refractivity (Wildman–Crippen MR) is 61.7 cm³/mol. The maximum atomic E-state index is 3.93. The number of aromatic nitrogens is 3. The van der Waals surface area contributed by atoms with Gasteiger partial charge in [0.05, 0.1) is 11.9 Å². The largest absolute Gasteiger partial charge is 0.314 e. The average Bonchev–Trinajstić information content (AvgIpc) is 2.61. The average molecular weight is 210 g/mol. The molecule has 1 rings (SSSR count). The minimum atomic E-state index is 0.634. The summed E-state index contributed by atoms with van der Waals surface area (Å²) in [7, 11) is 1.95. The Balaban J connectivity index is 2.36. The molecule has 1 aromatic heterocycles. The Hall–Kier alpha value is -0.900. The third-order valence-corrected chi connectivity index (χ3v) is 2.69. The van der Waals surface area contributed by atoms with E-state index in [-0.39, 0.29) is 0 Å². The predicted octanol–water partition coefficient (Wildman–Crippen LogP) is 1.53. The van der Waals surface area contributed by atoms with Crippen LogP contribution >= 0.6 is 0 Å². The van der Waals surface area contributed by atoms with E-state index in [1.54, 1.807) is 0 Å². The highest BCUT2D eigenvalue weighted by Gasteiger charge is 2.07. The molecular formula is C11H22N4. The third-order valence-electron chi connectivity index (χ3n) is 2.69. The summed E-state index contributed by atoms with van der Waals surface area (Å²) < 4.78 is 1.86. The minimum absolute atomic E-state index is 0.634. The van der Waals surface area contributed by atoms with Crippen LogP contribution < -0.4 is 5.32 Å². The monoisotopic (exact) mass is 210 g/mol. The summed E-state index contributed by atoms with van der Waals surface area (Å²) in [6, 6.07) is 0.634. The molecular weight excluding hydrogens is 188 g/mol. The Kier molecular flexibility index (Phi) is 5.32. The first-order valence-electron chi connectivity index (χ1n) is 5.84. The molecule has 4 heteroatoms. The second-order valence-corrected chi connectivity index (χ2v) is 3.93. The topological polar surface area (TPSA) is 42.7 Å². The molecule has 0 aliphatic carbocycles. The Morgan fingerprint density at radius 3 is 2.73 bits per heavy atom. The van der Waals surface area contributed by atoms with Gasteiger partial charge in [-0.2, -0.15) is 0 Å². The van der Waals surface area contributed by atoms with Crippen LogP contribution in [-0.4, -0.2) is 27.6 Å². The molecule has 1 N–H and O–H groups in total. The second-order valence-electron chi connectivity index (χ2n) is 3.93. The van der Waals surface area contributed by atoms with Crippen LogP contribution in [-0.2, 0) is 13.5 Å². The summed E-state index contributed by atoms with van der Waals surface area (Å²) in [5.41, 5.74) is 1.22. The fourth-order valence-electron chi connectivity index (χ4n) is 1.84. The standard InChI is InChI=1S/C11H22N4/c1-4-6-10(12-5-2)7-8-11-9-13-14-15(11)3/h9-10,12H,4-8H2,1-3H3. The molecule has 1 atom stereocenters. The maximum Gasteiger partial charge on any atom is 0.0724 e. The van der Waals surface area contributed by atoms with Crippen LogP contribution in [0, 0.1) is 0 Å². The molecule has 0 radical (unpaired) electrons. The van der Waals surface area contributed by atoms with Crippen molar-refractivity contribution in [2.75, 3.05) is 6.54 Å². The van der Waals surface area contributed by atoms with Crippen LogP contribution in [0.1, 0.15) is 38.8 Å². The molecule has 1 heterocycles. The molecule has 1 unspecified atom stereocenters. The first kappa shape index (κ1) is 12.2. The van der Waals surface area contributed by atoms with Crippen molar-refractivity contribution in [3.8, 4) is 0 Å². The molecule has 1 aromatic rings. The van der Waals surface area contributed by atoms with Gasteiger partial charge in [-0.25, -0.2) is 0 Å². The van der Waals surface area contributed by atoms with E-state index in [0.29, 0.717) is 6.04 Å². The van der Waals surface area contributed by atoms with Gasteiger partial charge in [0.1, 0.15) is 0 Å². The molecule has 0 saturated carbocycles. The van der Waals surface area contributed by atoms with Crippen LogP contribution in [0.15, 0.2) is 6.20 Å². The van der Waals surface area contributed by atoms with E-state index in [4.69, 9.17) is 0 Å². The fraction of sp³-hybridized carbons (Fsp3) is 0.818. The van der Waals surface area contributed by atoms with E-state index in [2.05, 4.69) is 29.5 Å². The molecule has 0 amide bonds. The highest BCUT2D eigenvalue weighted by Crippen LogP contribution is 2.07. The smallest absolute Gasteiger partial charge is 0.0724 e. The van der Waals surface area contributed by atoms with E-state index in [1.807, 2.05) is 17.9 Å². The van der Waals surface area contributed by atoms with Crippen LogP contribution in [0.25, 0.3) is 0 Å². The van der Waals surface area contributed by atoms with Crippen molar-refractivity contribution in [1.29, 1.82) is 0 Å².